The van der Waals surface area contributed by atoms with Gasteiger partial charge in [-0.2, -0.15) is 0 Å². The van der Waals surface area contributed by atoms with Crippen molar-refractivity contribution in [1.29, 1.82) is 0 Å². The van der Waals surface area contributed by atoms with Crippen molar-refractivity contribution in [3.05, 3.63) is 29.8 Å². The lowest BCUT2D eigenvalue weighted by atomic mass is 10.0. The second kappa shape index (κ2) is 7.21. The molecular formula is C18H24N2O4. The Morgan fingerprint density at radius 3 is 2.54 bits per heavy atom. The van der Waals surface area contributed by atoms with Crippen molar-refractivity contribution in [3.63, 3.8) is 0 Å². The summed E-state index contributed by atoms with van der Waals surface area (Å²) in [7, 11) is 1.63. The van der Waals surface area contributed by atoms with Gasteiger partial charge in [0, 0.05) is 32.1 Å². The predicted molar refractivity (Wildman–Crippen MR) is 88.9 cm³/mol. The second-order valence-electron chi connectivity index (χ2n) is 6.64. The summed E-state index contributed by atoms with van der Waals surface area (Å²) < 4.78 is 5.21. The normalized spacial score (nSPS) is 22.3. The van der Waals surface area contributed by atoms with Gasteiger partial charge < -0.3 is 14.7 Å². The highest BCUT2D eigenvalue weighted by Crippen LogP contribution is 2.35. The van der Waals surface area contributed by atoms with E-state index in [4.69, 9.17) is 9.84 Å². The third-order valence-corrected chi connectivity index (χ3v) is 4.83. The van der Waals surface area contributed by atoms with Crippen LogP contribution in [0.3, 0.4) is 0 Å². The lowest BCUT2D eigenvalue weighted by Gasteiger charge is -2.29. The van der Waals surface area contributed by atoms with Crippen LogP contribution in [0.15, 0.2) is 24.3 Å². The zero-order valence-corrected chi connectivity index (χ0v) is 14.0. The lowest BCUT2D eigenvalue weighted by Crippen LogP contribution is -2.37. The maximum Gasteiger partial charge on any atom is 0.323 e. The summed E-state index contributed by atoms with van der Waals surface area (Å²) >= 11 is 0. The Morgan fingerprint density at radius 2 is 1.96 bits per heavy atom. The number of benzene rings is 1. The zero-order valence-electron chi connectivity index (χ0n) is 14.0. The van der Waals surface area contributed by atoms with E-state index in [0.717, 1.165) is 17.9 Å². The van der Waals surface area contributed by atoms with E-state index in [9.17, 15) is 9.59 Å². The maximum absolute atomic E-state index is 12.5. The van der Waals surface area contributed by atoms with Crippen molar-refractivity contribution in [1.82, 2.24) is 9.80 Å². The van der Waals surface area contributed by atoms with E-state index >= 15 is 0 Å². The Labute approximate surface area is 142 Å². The number of hydrogen-bond donors (Lipinski definition) is 1. The Hall–Kier alpha value is -2.08. The van der Waals surface area contributed by atoms with Crippen molar-refractivity contribution >= 4 is 11.9 Å². The summed E-state index contributed by atoms with van der Waals surface area (Å²) in [5.74, 6) is 0.461. The van der Waals surface area contributed by atoms with E-state index in [1.54, 1.807) is 7.11 Å². The number of methoxy groups -OCH3 is 1. The number of rotatable bonds is 6. The first-order valence-corrected chi connectivity index (χ1v) is 8.44. The summed E-state index contributed by atoms with van der Waals surface area (Å²) in [6, 6.07) is 7.83. The van der Waals surface area contributed by atoms with Gasteiger partial charge in [0.1, 0.15) is 12.3 Å². The van der Waals surface area contributed by atoms with Gasteiger partial charge in [0.15, 0.2) is 0 Å². The first kappa shape index (κ1) is 16.8. The minimum Gasteiger partial charge on any atom is -0.497 e. The number of carbonyl (C=O) groups is 2. The summed E-state index contributed by atoms with van der Waals surface area (Å²) in [5.41, 5.74) is 1.09. The number of carboxylic acids is 1. The van der Waals surface area contributed by atoms with Crippen LogP contribution in [0, 0.1) is 5.92 Å². The molecule has 1 atom stereocenters. The number of carbonyl (C=O) groups excluding carboxylic acids is 1. The molecule has 3 rings (SSSR count). The third-order valence-electron chi connectivity index (χ3n) is 4.83. The van der Waals surface area contributed by atoms with Crippen LogP contribution < -0.4 is 4.74 Å². The molecule has 2 aliphatic rings. The van der Waals surface area contributed by atoms with Crippen molar-refractivity contribution in [2.45, 2.75) is 25.3 Å². The summed E-state index contributed by atoms with van der Waals surface area (Å²) in [6.07, 6.45) is 2.82. The van der Waals surface area contributed by atoms with Gasteiger partial charge in [-0.05, 0) is 36.5 Å². The second-order valence-corrected chi connectivity index (χ2v) is 6.64. The quantitative estimate of drug-likeness (QED) is 0.860. The standard InChI is InChI=1S/C18H24N2O4/c1-24-15-6-4-14(5-7-15)16-10-17(21)20(12-18(22)23)9-8-19(16)11-13-2-3-13/h4-7,13,16H,2-3,8-12H2,1H3,(H,22,23). The molecule has 6 nitrogen and oxygen atoms in total. The van der Waals surface area contributed by atoms with Crippen LogP contribution >= 0.6 is 0 Å². The lowest BCUT2D eigenvalue weighted by molar-refractivity contribution is -0.144. The topological polar surface area (TPSA) is 70.1 Å². The molecule has 130 valence electrons. The maximum atomic E-state index is 12.5. The molecule has 0 spiro atoms. The predicted octanol–water partition coefficient (Wildman–Crippen LogP) is 1.77. The SMILES string of the molecule is COc1ccc(C2CC(=O)N(CC(=O)O)CCN2CC2CC2)cc1. The van der Waals surface area contributed by atoms with Gasteiger partial charge in [-0.15, -0.1) is 0 Å². The van der Waals surface area contributed by atoms with Gasteiger partial charge in [0.25, 0.3) is 0 Å². The van der Waals surface area contributed by atoms with Gasteiger partial charge in [-0.3, -0.25) is 14.5 Å². The Bertz CT molecular complexity index is 598. The number of nitrogens with zero attached hydrogens (tertiary/aromatic N) is 2. The number of aliphatic carboxylic acids is 1. The molecule has 0 aromatic heterocycles. The molecular weight excluding hydrogens is 308 g/mol. The van der Waals surface area contributed by atoms with Crippen molar-refractivity contribution < 1.29 is 19.4 Å². The molecule has 1 unspecified atom stereocenters. The van der Waals surface area contributed by atoms with E-state index in [0.29, 0.717) is 25.4 Å². The van der Waals surface area contributed by atoms with E-state index in [-0.39, 0.29) is 18.5 Å². The molecule has 0 bridgehead atoms. The molecule has 1 aromatic carbocycles. The highest BCUT2D eigenvalue weighted by molar-refractivity contribution is 5.82. The minimum absolute atomic E-state index is 0.00259. The molecule has 1 amide bonds. The molecule has 1 aliphatic heterocycles. The van der Waals surface area contributed by atoms with Crippen LogP contribution in [0.5, 0.6) is 5.75 Å². The molecule has 1 saturated heterocycles. The fourth-order valence-corrected chi connectivity index (χ4v) is 3.29. The van der Waals surface area contributed by atoms with Gasteiger partial charge in [-0.25, -0.2) is 0 Å². The van der Waals surface area contributed by atoms with E-state index in [1.165, 1.54) is 17.7 Å². The number of hydrogen-bond acceptors (Lipinski definition) is 4. The van der Waals surface area contributed by atoms with E-state index in [2.05, 4.69) is 4.90 Å². The highest BCUT2D eigenvalue weighted by Gasteiger charge is 2.34. The molecule has 1 heterocycles. The van der Waals surface area contributed by atoms with Crippen LogP contribution in [-0.4, -0.2) is 60.1 Å². The largest absolute Gasteiger partial charge is 0.497 e. The molecule has 1 saturated carbocycles. The monoisotopic (exact) mass is 332 g/mol. The molecule has 6 heteroatoms. The Balaban J connectivity index is 1.80. The average molecular weight is 332 g/mol. The zero-order chi connectivity index (χ0) is 17.1. The summed E-state index contributed by atoms with van der Waals surface area (Å²) in [6.45, 7) is 1.95. The van der Waals surface area contributed by atoms with Crippen LogP contribution in [0.25, 0.3) is 0 Å². The van der Waals surface area contributed by atoms with Crippen LogP contribution in [0.1, 0.15) is 30.9 Å². The van der Waals surface area contributed by atoms with E-state index < -0.39 is 5.97 Å². The fraction of sp³-hybridized carbons (Fsp3) is 0.556. The summed E-state index contributed by atoms with van der Waals surface area (Å²) in [5, 5.41) is 9.02. The van der Waals surface area contributed by atoms with Gasteiger partial charge in [-0.1, -0.05) is 12.1 Å². The van der Waals surface area contributed by atoms with Gasteiger partial charge in [0.05, 0.1) is 7.11 Å². The average Bonchev–Trinajstić information content (AvgIpc) is 3.39. The molecule has 1 aliphatic carbocycles. The van der Waals surface area contributed by atoms with Gasteiger partial charge >= 0.3 is 5.97 Å². The number of carboxylic acid groups (broad SMARTS) is 1. The molecule has 0 radical (unpaired) electrons. The Morgan fingerprint density at radius 1 is 1.25 bits per heavy atom. The smallest absolute Gasteiger partial charge is 0.323 e. The van der Waals surface area contributed by atoms with Crippen LogP contribution in [0.2, 0.25) is 0 Å². The first-order chi connectivity index (χ1) is 11.6. The molecule has 1 aromatic rings. The summed E-state index contributed by atoms with van der Waals surface area (Å²) in [4.78, 5) is 27.3. The van der Waals surface area contributed by atoms with Gasteiger partial charge in [0.2, 0.25) is 5.91 Å². The van der Waals surface area contributed by atoms with E-state index in [1.807, 2.05) is 24.3 Å². The van der Waals surface area contributed by atoms with Crippen LogP contribution in [0.4, 0.5) is 0 Å². The van der Waals surface area contributed by atoms with Crippen molar-refractivity contribution in [2.75, 3.05) is 33.3 Å². The molecule has 1 N–H and O–H groups in total. The van der Waals surface area contributed by atoms with Crippen molar-refractivity contribution in [3.8, 4) is 5.75 Å². The first-order valence-electron chi connectivity index (χ1n) is 8.44. The minimum atomic E-state index is -0.958. The Kier molecular flexibility index (Phi) is 5.04. The highest BCUT2D eigenvalue weighted by atomic mass is 16.5. The van der Waals surface area contributed by atoms with Crippen molar-refractivity contribution in [2.24, 2.45) is 5.92 Å². The number of amides is 1. The molecule has 24 heavy (non-hydrogen) atoms. The fourth-order valence-electron chi connectivity index (χ4n) is 3.29. The number of ether oxygens (including phenoxy) is 1. The molecule has 2 fully saturated rings. The third kappa shape index (κ3) is 4.06. The van der Waals surface area contributed by atoms with Crippen LogP contribution in [-0.2, 0) is 9.59 Å².